The van der Waals surface area contributed by atoms with Crippen LogP contribution in [0.4, 0.5) is 0 Å². The number of nitrogens with one attached hydrogen (secondary N) is 6. The summed E-state index contributed by atoms with van der Waals surface area (Å²) in [5.41, 5.74) is 0. The molecule has 0 aliphatic heterocycles. The van der Waals surface area contributed by atoms with Gasteiger partial charge in [-0.15, -0.1) is 0 Å². The third-order valence-corrected chi connectivity index (χ3v) is 4.24. The Labute approximate surface area is 171 Å². The van der Waals surface area contributed by atoms with Gasteiger partial charge in [0, 0.05) is 26.2 Å². The van der Waals surface area contributed by atoms with Gasteiger partial charge in [-0.3, -0.25) is 0 Å². The van der Waals surface area contributed by atoms with Gasteiger partial charge in [-0.2, -0.15) is 0 Å². The summed E-state index contributed by atoms with van der Waals surface area (Å²) in [6.45, 7) is 12.2. The van der Waals surface area contributed by atoms with Gasteiger partial charge in [0.25, 0.3) is 0 Å². The second-order valence-corrected chi connectivity index (χ2v) is 7.10. The van der Waals surface area contributed by atoms with Gasteiger partial charge in [-0.05, 0) is 89.1 Å². The van der Waals surface area contributed by atoms with Crippen molar-refractivity contribution in [2.75, 3.05) is 52.4 Å². The van der Waals surface area contributed by atoms with E-state index in [1.807, 2.05) is 0 Å². The van der Waals surface area contributed by atoms with Crippen LogP contribution in [0.1, 0.15) is 52.4 Å². The van der Waals surface area contributed by atoms with Crippen molar-refractivity contribution in [3.63, 3.8) is 0 Å². The molecule has 0 rings (SSSR count). The minimum absolute atomic E-state index is 0.771. The van der Waals surface area contributed by atoms with Crippen LogP contribution in [-0.4, -0.2) is 62.6 Å². The van der Waals surface area contributed by atoms with Crippen molar-refractivity contribution in [3.05, 3.63) is 0 Å². The standard InChI is InChI=1S/C18H40N6S2/c1-3-9-21-17(25)23-15-7-13-19-11-5-6-12-20-14-8-16-24-18(26)22-10-4-2/h19-20H,3-16H2,1-2H3,(H2,21,23,25)(H2,22,24,26). The number of hydrogen-bond donors (Lipinski definition) is 6. The third-order valence-electron chi connectivity index (χ3n) is 3.66. The van der Waals surface area contributed by atoms with Crippen LogP contribution in [0.25, 0.3) is 0 Å². The van der Waals surface area contributed by atoms with Crippen LogP contribution in [0, 0.1) is 0 Å². The predicted octanol–water partition coefficient (Wildman–Crippen LogP) is 1.47. The molecule has 0 aliphatic rings. The quantitative estimate of drug-likeness (QED) is 0.161. The van der Waals surface area contributed by atoms with Gasteiger partial charge in [-0.1, -0.05) is 13.8 Å². The Morgan fingerprint density at radius 2 is 0.846 bits per heavy atom. The molecule has 0 unspecified atom stereocenters. The smallest absolute Gasteiger partial charge is 0.166 e. The van der Waals surface area contributed by atoms with E-state index in [2.05, 4.69) is 45.7 Å². The first-order valence-electron chi connectivity index (χ1n) is 10.2. The first-order chi connectivity index (χ1) is 12.7. The zero-order valence-corrected chi connectivity index (χ0v) is 18.3. The van der Waals surface area contributed by atoms with Gasteiger partial charge in [-0.25, -0.2) is 0 Å². The Kier molecular flexibility index (Phi) is 20.1. The average molecular weight is 405 g/mol. The molecule has 0 saturated heterocycles. The first-order valence-corrected chi connectivity index (χ1v) is 11.0. The second kappa shape index (κ2) is 20.6. The van der Waals surface area contributed by atoms with Gasteiger partial charge in [0.1, 0.15) is 0 Å². The Bertz CT molecular complexity index is 310. The Morgan fingerprint density at radius 1 is 0.500 bits per heavy atom. The fraction of sp³-hybridized carbons (Fsp3) is 0.889. The van der Waals surface area contributed by atoms with Crippen LogP contribution < -0.4 is 31.9 Å². The molecule has 0 radical (unpaired) electrons. The van der Waals surface area contributed by atoms with E-state index in [0.29, 0.717) is 0 Å². The zero-order chi connectivity index (χ0) is 19.3. The number of thiocarbonyl (C=S) groups is 2. The van der Waals surface area contributed by atoms with Crippen molar-refractivity contribution in [2.45, 2.75) is 52.4 Å². The molecular weight excluding hydrogens is 364 g/mol. The Morgan fingerprint density at radius 3 is 1.23 bits per heavy atom. The highest BCUT2D eigenvalue weighted by atomic mass is 32.1. The molecule has 0 bridgehead atoms. The molecule has 0 fully saturated rings. The molecule has 6 N–H and O–H groups in total. The summed E-state index contributed by atoms with van der Waals surface area (Å²) in [6, 6.07) is 0. The van der Waals surface area contributed by atoms with Crippen molar-refractivity contribution >= 4 is 34.7 Å². The van der Waals surface area contributed by atoms with E-state index < -0.39 is 0 Å². The van der Waals surface area contributed by atoms with Crippen LogP contribution >= 0.6 is 24.4 Å². The Balaban J connectivity index is 3.13. The van der Waals surface area contributed by atoms with Crippen molar-refractivity contribution in [2.24, 2.45) is 0 Å². The number of rotatable bonds is 17. The maximum atomic E-state index is 5.17. The lowest BCUT2D eigenvalue weighted by atomic mass is 10.3. The molecule has 26 heavy (non-hydrogen) atoms. The Hall–Kier alpha value is -0.700. The predicted molar refractivity (Wildman–Crippen MR) is 122 cm³/mol. The SMILES string of the molecule is CCCNC(=S)NCCCNCCCCNCCCNC(=S)NCCC. The minimum atomic E-state index is 0.771. The van der Waals surface area contributed by atoms with Gasteiger partial charge in [0.15, 0.2) is 10.2 Å². The second-order valence-electron chi connectivity index (χ2n) is 6.28. The van der Waals surface area contributed by atoms with E-state index in [4.69, 9.17) is 24.4 Å². The van der Waals surface area contributed by atoms with Crippen LogP contribution in [-0.2, 0) is 0 Å². The third kappa shape index (κ3) is 19.6. The van der Waals surface area contributed by atoms with Gasteiger partial charge < -0.3 is 31.9 Å². The number of hydrogen-bond acceptors (Lipinski definition) is 4. The van der Waals surface area contributed by atoms with Crippen molar-refractivity contribution in [3.8, 4) is 0 Å². The van der Waals surface area contributed by atoms with Crippen molar-refractivity contribution in [1.82, 2.24) is 31.9 Å². The molecule has 0 amide bonds. The fourth-order valence-electron chi connectivity index (χ4n) is 2.18. The van der Waals surface area contributed by atoms with E-state index in [1.165, 1.54) is 12.8 Å². The largest absolute Gasteiger partial charge is 0.363 e. The van der Waals surface area contributed by atoms with Gasteiger partial charge in [0.2, 0.25) is 0 Å². The minimum Gasteiger partial charge on any atom is -0.363 e. The summed E-state index contributed by atoms with van der Waals surface area (Å²) >= 11 is 10.3. The summed E-state index contributed by atoms with van der Waals surface area (Å²) in [7, 11) is 0. The lowest BCUT2D eigenvalue weighted by Gasteiger charge is -2.10. The van der Waals surface area contributed by atoms with Crippen LogP contribution in [0.3, 0.4) is 0 Å². The summed E-state index contributed by atoms with van der Waals surface area (Å²) in [5.74, 6) is 0. The summed E-state index contributed by atoms with van der Waals surface area (Å²) in [4.78, 5) is 0. The fourth-order valence-corrected chi connectivity index (χ4v) is 2.59. The van der Waals surface area contributed by atoms with Crippen LogP contribution in [0.2, 0.25) is 0 Å². The number of unbranched alkanes of at least 4 members (excludes halogenated alkanes) is 1. The van der Waals surface area contributed by atoms with E-state index in [0.717, 1.165) is 88.3 Å². The van der Waals surface area contributed by atoms with Crippen molar-refractivity contribution in [1.29, 1.82) is 0 Å². The highest BCUT2D eigenvalue weighted by Gasteiger charge is 1.95. The van der Waals surface area contributed by atoms with E-state index >= 15 is 0 Å². The topological polar surface area (TPSA) is 72.2 Å². The van der Waals surface area contributed by atoms with Crippen LogP contribution in [0.15, 0.2) is 0 Å². The van der Waals surface area contributed by atoms with E-state index in [9.17, 15) is 0 Å². The maximum absolute atomic E-state index is 5.17. The molecule has 0 aromatic carbocycles. The molecule has 0 spiro atoms. The lowest BCUT2D eigenvalue weighted by Crippen LogP contribution is -2.37. The first kappa shape index (κ1) is 25.3. The average Bonchev–Trinajstić information content (AvgIpc) is 2.64. The highest BCUT2D eigenvalue weighted by Crippen LogP contribution is 1.86. The zero-order valence-electron chi connectivity index (χ0n) is 16.7. The molecule has 6 nitrogen and oxygen atoms in total. The van der Waals surface area contributed by atoms with Gasteiger partial charge in [0.05, 0.1) is 0 Å². The van der Waals surface area contributed by atoms with Crippen LogP contribution in [0.5, 0.6) is 0 Å². The molecule has 0 aromatic heterocycles. The molecule has 0 saturated carbocycles. The maximum Gasteiger partial charge on any atom is 0.166 e. The highest BCUT2D eigenvalue weighted by molar-refractivity contribution is 7.80. The molecule has 8 heteroatoms. The van der Waals surface area contributed by atoms with Crippen molar-refractivity contribution < 1.29 is 0 Å². The monoisotopic (exact) mass is 404 g/mol. The van der Waals surface area contributed by atoms with Gasteiger partial charge >= 0.3 is 0 Å². The molecule has 0 aromatic rings. The molecule has 154 valence electrons. The summed E-state index contributed by atoms with van der Waals surface area (Å²) < 4.78 is 0. The summed E-state index contributed by atoms with van der Waals surface area (Å²) in [6.07, 6.45) is 6.79. The molecule has 0 atom stereocenters. The lowest BCUT2D eigenvalue weighted by molar-refractivity contribution is 0.564. The molecule has 0 aliphatic carbocycles. The molecular formula is C18H40N6S2. The summed E-state index contributed by atoms with van der Waals surface area (Å²) in [5, 5.41) is 21.3. The van der Waals surface area contributed by atoms with E-state index in [1.54, 1.807) is 0 Å². The van der Waals surface area contributed by atoms with E-state index in [-0.39, 0.29) is 0 Å². The molecule has 0 heterocycles. The normalized spacial score (nSPS) is 10.4.